The van der Waals surface area contributed by atoms with E-state index in [-0.39, 0.29) is 0 Å². The fourth-order valence-corrected chi connectivity index (χ4v) is 4.95. The minimum Gasteiger partial charge on any atom is -0.618 e. The van der Waals surface area contributed by atoms with Gasteiger partial charge in [-0.15, -0.1) is 10.2 Å². The summed E-state index contributed by atoms with van der Waals surface area (Å²) >= 11 is 0. The number of aryl methyl sites for hydroxylation is 2. The van der Waals surface area contributed by atoms with E-state index >= 15 is 0 Å². The normalized spacial score (nSPS) is 11.3. The lowest BCUT2D eigenvalue weighted by Gasteiger charge is -2.12. The highest BCUT2D eigenvalue weighted by molar-refractivity contribution is 5.81. The molecule has 0 spiro atoms. The molecule has 9 heteroatoms. The van der Waals surface area contributed by atoms with Crippen molar-refractivity contribution in [1.82, 2.24) is 35.2 Å². The molecule has 0 saturated carbocycles. The van der Waals surface area contributed by atoms with Gasteiger partial charge in [0.15, 0.2) is 11.8 Å². The number of hydrogen-bond donors (Lipinski definition) is 1. The molecule has 0 unspecified atom stereocenters. The van der Waals surface area contributed by atoms with E-state index in [0.29, 0.717) is 18.1 Å². The number of aromatic nitrogens is 8. The fraction of sp³-hybridized carbons (Fsp3) is 0.200. The first-order chi connectivity index (χ1) is 19.1. The number of nitrogens with one attached hydrogen (secondary N) is 1. The first-order valence-corrected chi connectivity index (χ1v) is 13.1. The molecule has 4 aromatic heterocycles. The number of pyridine rings is 2. The highest BCUT2D eigenvalue weighted by atomic mass is 16.5. The number of rotatable bonds is 8. The Morgan fingerprint density at radius 2 is 1.72 bits per heavy atom. The van der Waals surface area contributed by atoms with Crippen molar-refractivity contribution in [3.05, 3.63) is 101 Å². The molecule has 0 aliphatic heterocycles. The fourth-order valence-electron chi connectivity index (χ4n) is 4.95. The second-order valence-electron chi connectivity index (χ2n) is 9.57. The minimum atomic E-state index is 0.568. The SMILES string of the molecule is CCCCc1nc2cc(-c3cccc[n+]3[O-])c(C)nc2n1Cc1ccc(-c2ccccc2-c2nn[nH]n2)cc1. The zero-order valence-corrected chi connectivity index (χ0v) is 21.9. The largest absolute Gasteiger partial charge is 0.618 e. The molecule has 0 bridgehead atoms. The predicted molar refractivity (Wildman–Crippen MR) is 149 cm³/mol. The van der Waals surface area contributed by atoms with Gasteiger partial charge in [-0.05, 0) is 47.4 Å². The second kappa shape index (κ2) is 10.4. The maximum Gasteiger partial charge on any atom is 0.225 e. The molecule has 6 rings (SSSR count). The van der Waals surface area contributed by atoms with Crippen LogP contribution in [0.1, 0.15) is 36.8 Å². The standard InChI is InChI=1S/C30H28N8O/c1-3-4-12-28-32-26-18-25(27-11-7-8-17-38(27)39)20(2)31-30(26)37(28)19-21-13-15-22(16-14-21)23-9-5-6-10-24(23)29-33-35-36-34-29/h5-11,13-18H,3-4,12,19H2,1-2H3,(H,33,34,35,36). The zero-order valence-electron chi connectivity index (χ0n) is 21.9. The third-order valence-corrected chi connectivity index (χ3v) is 6.96. The molecule has 0 radical (unpaired) electrons. The Balaban J connectivity index is 1.36. The van der Waals surface area contributed by atoms with Gasteiger partial charge >= 0.3 is 0 Å². The number of imidazole rings is 1. The molecule has 194 valence electrons. The smallest absolute Gasteiger partial charge is 0.225 e. The molecule has 6 aromatic rings. The van der Waals surface area contributed by atoms with Crippen LogP contribution < -0.4 is 4.73 Å². The lowest BCUT2D eigenvalue weighted by Crippen LogP contribution is -2.28. The Labute approximate surface area is 225 Å². The second-order valence-corrected chi connectivity index (χ2v) is 9.57. The van der Waals surface area contributed by atoms with Crippen molar-refractivity contribution >= 4 is 11.2 Å². The van der Waals surface area contributed by atoms with E-state index in [1.54, 1.807) is 6.07 Å². The third-order valence-electron chi connectivity index (χ3n) is 6.96. The van der Waals surface area contributed by atoms with Gasteiger partial charge in [0.05, 0.1) is 17.8 Å². The van der Waals surface area contributed by atoms with Crippen LogP contribution >= 0.6 is 0 Å². The Morgan fingerprint density at radius 3 is 2.46 bits per heavy atom. The Kier molecular flexibility index (Phi) is 6.54. The van der Waals surface area contributed by atoms with E-state index in [4.69, 9.17) is 9.97 Å². The van der Waals surface area contributed by atoms with Gasteiger partial charge < -0.3 is 9.77 Å². The molecule has 0 amide bonds. The van der Waals surface area contributed by atoms with Gasteiger partial charge in [0.1, 0.15) is 11.3 Å². The summed E-state index contributed by atoms with van der Waals surface area (Å²) in [5, 5.41) is 27.0. The van der Waals surface area contributed by atoms with Crippen LogP contribution in [0, 0.1) is 12.1 Å². The number of unbranched alkanes of at least 4 members (excludes halogenated alkanes) is 1. The molecule has 0 fully saturated rings. The van der Waals surface area contributed by atoms with Crippen LogP contribution in [0.3, 0.4) is 0 Å². The number of nitrogens with zero attached hydrogens (tertiary/aromatic N) is 7. The predicted octanol–water partition coefficient (Wildman–Crippen LogP) is 5.28. The van der Waals surface area contributed by atoms with Crippen LogP contribution in [0.4, 0.5) is 0 Å². The van der Waals surface area contributed by atoms with Gasteiger partial charge in [-0.3, -0.25) is 0 Å². The quantitative estimate of drug-likeness (QED) is 0.218. The van der Waals surface area contributed by atoms with Gasteiger partial charge in [0, 0.05) is 24.1 Å². The monoisotopic (exact) mass is 516 g/mol. The average Bonchev–Trinajstić information content (AvgIpc) is 3.61. The molecule has 0 aliphatic rings. The van der Waals surface area contributed by atoms with Crippen molar-refractivity contribution < 1.29 is 4.73 Å². The Morgan fingerprint density at radius 1 is 0.923 bits per heavy atom. The highest BCUT2D eigenvalue weighted by Gasteiger charge is 2.19. The van der Waals surface area contributed by atoms with Crippen LogP contribution in [0.25, 0.3) is 44.9 Å². The van der Waals surface area contributed by atoms with E-state index in [1.165, 1.54) is 6.20 Å². The minimum absolute atomic E-state index is 0.568. The summed E-state index contributed by atoms with van der Waals surface area (Å²) in [5.41, 5.74) is 8.01. The van der Waals surface area contributed by atoms with Crippen LogP contribution in [0.15, 0.2) is 79.0 Å². The van der Waals surface area contributed by atoms with Crippen LogP contribution in [-0.4, -0.2) is 35.2 Å². The van der Waals surface area contributed by atoms with E-state index in [1.807, 2.05) is 43.3 Å². The summed E-state index contributed by atoms with van der Waals surface area (Å²) < 4.78 is 3.09. The Hall–Kier alpha value is -4.92. The molecule has 4 heterocycles. The number of hydrogen-bond acceptors (Lipinski definition) is 6. The van der Waals surface area contributed by atoms with Gasteiger partial charge in [0.2, 0.25) is 11.5 Å². The number of aromatic amines is 1. The first kappa shape index (κ1) is 24.4. The molecule has 39 heavy (non-hydrogen) atoms. The van der Waals surface area contributed by atoms with Gasteiger partial charge in [0.25, 0.3) is 0 Å². The first-order valence-electron chi connectivity index (χ1n) is 13.1. The molecule has 1 N–H and O–H groups in total. The zero-order chi connectivity index (χ0) is 26.8. The van der Waals surface area contributed by atoms with Crippen LogP contribution in [0.2, 0.25) is 0 Å². The van der Waals surface area contributed by atoms with Crippen molar-refractivity contribution in [2.75, 3.05) is 0 Å². The van der Waals surface area contributed by atoms with E-state index in [2.05, 4.69) is 62.4 Å². The molecule has 2 aromatic carbocycles. The van der Waals surface area contributed by atoms with Crippen molar-refractivity contribution in [2.24, 2.45) is 0 Å². The summed E-state index contributed by atoms with van der Waals surface area (Å²) in [6.07, 6.45) is 4.49. The summed E-state index contributed by atoms with van der Waals surface area (Å²) in [6.45, 7) is 4.78. The summed E-state index contributed by atoms with van der Waals surface area (Å²) in [4.78, 5) is 9.92. The Bertz CT molecular complexity index is 1740. The van der Waals surface area contributed by atoms with E-state index < -0.39 is 0 Å². The lowest BCUT2D eigenvalue weighted by atomic mass is 9.98. The van der Waals surface area contributed by atoms with Crippen molar-refractivity contribution in [1.29, 1.82) is 0 Å². The number of fused-ring (bicyclic) bond motifs is 1. The summed E-state index contributed by atoms with van der Waals surface area (Å²) in [6, 6.07) is 24.0. The molecule has 0 atom stereocenters. The number of tetrazole rings is 1. The van der Waals surface area contributed by atoms with Crippen LogP contribution in [-0.2, 0) is 13.0 Å². The number of benzene rings is 2. The lowest BCUT2D eigenvalue weighted by molar-refractivity contribution is -0.593. The molecular formula is C30H28N8O. The van der Waals surface area contributed by atoms with Gasteiger partial charge in [-0.25, -0.2) is 9.97 Å². The maximum atomic E-state index is 12.4. The molecule has 9 nitrogen and oxygen atoms in total. The van der Waals surface area contributed by atoms with Gasteiger partial charge in [-0.2, -0.15) is 9.94 Å². The topological polar surface area (TPSA) is 112 Å². The van der Waals surface area contributed by atoms with Crippen molar-refractivity contribution in [3.8, 4) is 33.8 Å². The summed E-state index contributed by atoms with van der Waals surface area (Å²) in [5.74, 6) is 1.57. The van der Waals surface area contributed by atoms with E-state index in [0.717, 1.165) is 74.5 Å². The molecule has 0 aliphatic carbocycles. The maximum absolute atomic E-state index is 12.4. The van der Waals surface area contributed by atoms with Crippen molar-refractivity contribution in [3.63, 3.8) is 0 Å². The third kappa shape index (κ3) is 4.74. The van der Waals surface area contributed by atoms with Crippen molar-refractivity contribution in [2.45, 2.75) is 39.7 Å². The van der Waals surface area contributed by atoms with E-state index in [9.17, 15) is 5.21 Å². The summed E-state index contributed by atoms with van der Waals surface area (Å²) in [7, 11) is 0. The number of H-pyrrole nitrogens is 1. The molecular weight excluding hydrogens is 488 g/mol. The van der Waals surface area contributed by atoms with Gasteiger partial charge in [-0.1, -0.05) is 61.9 Å². The van der Waals surface area contributed by atoms with Crippen LogP contribution in [0.5, 0.6) is 0 Å². The average molecular weight is 517 g/mol. The molecule has 0 saturated heterocycles. The highest BCUT2D eigenvalue weighted by Crippen LogP contribution is 2.30.